The molecule has 2 N–H and O–H groups in total. The van der Waals surface area contributed by atoms with E-state index in [1.165, 1.54) is 0 Å². The number of rotatable bonds is 2. The molecule has 2 spiro atoms. The van der Waals surface area contributed by atoms with Crippen LogP contribution in [0.5, 0.6) is 0 Å². The lowest BCUT2D eigenvalue weighted by Crippen LogP contribution is -2.62. The molecule has 192 valence electrons. The van der Waals surface area contributed by atoms with Crippen molar-refractivity contribution in [2.45, 2.75) is 36.8 Å². The van der Waals surface area contributed by atoms with Crippen molar-refractivity contribution in [1.82, 2.24) is 4.90 Å². The van der Waals surface area contributed by atoms with Crippen molar-refractivity contribution in [3.63, 3.8) is 0 Å². The molecule has 4 aliphatic heterocycles. The third kappa shape index (κ3) is 2.58. The number of aryl methyl sites for hydroxylation is 1. The topological polar surface area (TPSA) is 78.5 Å². The van der Waals surface area contributed by atoms with Gasteiger partial charge in [-0.15, -0.1) is 0 Å². The number of carbonyl (C=O) groups excluding carboxylic acids is 3. The summed E-state index contributed by atoms with van der Waals surface area (Å²) in [6, 6.07) is 27.0. The first-order chi connectivity index (χ1) is 19.0. The molecule has 0 saturated carbocycles. The number of benzene rings is 4. The number of hydrogen-bond donors (Lipinski definition) is 2. The van der Waals surface area contributed by atoms with Crippen LogP contribution in [0, 0.1) is 12.8 Å². The highest BCUT2D eigenvalue weighted by atomic mass is 16.2. The predicted molar refractivity (Wildman–Crippen MR) is 150 cm³/mol. The van der Waals surface area contributed by atoms with Crippen LogP contribution >= 0.6 is 0 Å². The van der Waals surface area contributed by atoms with Gasteiger partial charge in [0.15, 0.2) is 5.78 Å². The maximum atomic E-state index is 14.8. The molecule has 0 aliphatic carbocycles. The summed E-state index contributed by atoms with van der Waals surface area (Å²) in [5.41, 5.74) is 1.74. The number of Topliss-reactive ketones (excluding diaryl/α,β-unsaturated/α-hetero) is 1. The van der Waals surface area contributed by atoms with E-state index in [2.05, 4.69) is 15.5 Å². The highest BCUT2D eigenvalue weighted by molar-refractivity contribution is 6.21. The van der Waals surface area contributed by atoms with E-state index in [9.17, 15) is 14.4 Å². The van der Waals surface area contributed by atoms with Crippen LogP contribution in [0.2, 0.25) is 0 Å². The Morgan fingerprint density at radius 3 is 2.44 bits per heavy atom. The number of carbonyl (C=O) groups is 3. The van der Waals surface area contributed by atoms with Crippen LogP contribution in [0.4, 0.5) is 11.4 Å². The molecule has 39 heavy (non-hydrogen) atoms. The van der Waals surface area contributed by atoms with Crippen LogP contribution < -0.4 is 10.6 Å². The van der Waals surface area contributed by atoms with E-state index in [4.69, 9.17) is 0 Å². The third-order valence-corrected chi connectivity index (χ3v) is 9.57. The number of ketones is 1. The van der Waals surface area contributed by atoms with Gasteiger partial charge in [0.1, 0.15) is 11.0 Å². The summed E-state index contributed by atoms with van der Waals surface area (Å²) in [6.45, 7) is 2.64. The van der Waals surface area contributed by atoms with Gasteiger partial charge in [-0.3, -0.25) is 19.3 Å². The lowest BCUT2D eigenvalue weighted by Gasteiger charge is -2.43. The van der Waals surface area contributed by atoms with Gasteiger partial charge in [-0.1, -0.05) is 72.3 Å². The summed E-state index contributed by atoms with van der Waals surface area (Å²) in [5.74, 6) is -1.32. The van der Waals surface area contributed by atoms with E-state index in [1.807, 2.05) is 91.9 Å². The van der Waals surface area contributed by atoms with Crippen molar-refractivity contribution in [3.8, 4) is 0 Å². The maximum absolute atomic E-state index is 14.8. The number of hydrogen-bond acceptors (Lipinski definition) is 4. The monoisotopic (exact) mass is 513 g/mol. The number of anilines is 2. The molecule has 4 aromatic carbocycles. The Labute approximate surface area is 226 Å². The molecular formula is C33H27N3O3. The average Bonchev–Trinajstić information content (AvgIpc) is 3.67. The smallest absolute Gasteiger partial charge is 0.251 e. The molecule has 2 amide bonds. The fourth-order valence-corrected chi connectivity index (χ4v) is 8.21. The van der Waals surface area contributed by atoms with Crippen molar-refractivity contribution in [2.24, 2.45) is 5.92 Å². The maximum Gasteiger partial charge on any atom is 0.251 e. The quantitative estimate of drug-likeness (QED) is 0.363. The zero-order valence-corrected chi connectivity index (χ0v) is 21.5. The minimum Gasteiger partial charge on any atom is -0.325 e. The molecule has 6 nitrogen and oxygen atoms in total. The van der Waals surface area contributed by atoms with Crippen molar-refractivity contribution in [2.75, 3.05) is 17.2 Å². The molecule has 4 heterocycles. The van der Waals surface area contributed by atoms with E-state index >= 15 is 0 Å². The second-order valence-electron chi connectivity index (χ2n) is 11.3. The van der Waals surface area contributed by atoms with Crippen LogP contribution in [0.25, 0.3) is 10.8 Å². The van der Waals surface area contributed by atoms with Gasteiger partial charge in [-0.2, -0.15) is 0 Å². The first-order valence-corrected chi connectivity index (χ1v) is 13.6. The minimum absolute atomic E-state index is 0.0877. The second kappa shape index (κ2) is 7.64. The fraction of sp³-hybridized carbons (Fsp3) is 0.242. The van der Waals surface area contributed by atoms with Gasteiger partial charge in [-0.25, -0.2) is 0 Å². The summed E-state index contributed by atoms with van der Waals surface area (Å²) in [4.78, 5) is 46.1. The standard InChI is InChI=1S/C33H27N3O3/c1-19-12-15-26-24(17-19)33(31(39)35-26)32(23-9-4-5-10-25(23)34-30(32)38)28(27-11-6-16-36(27)33)29(37)22-14-13-20-7-2-3-8-21(20)18-22/h2-5,7-10,12-15,17-18,27-28H,6,11,16H2,1H3,(H,34,38)(H,35,39)/t27-,28+,32+,33+/m1/s1. The Morgan fingerprint density at radius 2 is 1.56 bits per heavy atom. The van der Waals surface area contributed by atoms with Crippen molar-refractivity contribution in [1.29, 1.82) is 0 Å². The highest BCUT2D eigenvalue weighted by Gasteiger charge is 2.81. The SMILES string of the molecule is Cc1ccc2c(c1)[C@@]1(C(=O)N2)N2CCC[C@@H]2[C@@H](C(=O)c2ccc3ccccc3c2)[C@@]12C(=O)Nc1ccccc12. The molecule has 2 fully saturated rings. The first kappa shape index (κ1) is 22.7. The Balaban J connectivity index is 1.45. The summed E-state index contributed by atoms with van der Waals surface area (Å²) in [5, 5.41) is 8.26. The highest BCUT2D eigenvalue weighted by Crippen LogP contribution is 2.67. The number of fused-ring (bicyclic) bond motifs is 8. The zero-order chi connectivity index (χ0) is 26.5. The van der Waals surface area contributed by atoms with Gasteiger partial charge in [0.2, 0.25) is 5.91 Å². The minimum atomic E-state index is -1.42. The van der Waals surface area contributed by atoms with Gasteiger partial charge in [0.25, 0.3) is 5.91 Å². The molecule has 0 unspecified atom stereocenters. The predicted octanol–water partition coefficient (Wildman–Crippen LogP) is 5.16. The van der Waals surface area contributed by atoms with Crippen molar-refractivity contribution >= 4 is 39.7 Å². The van der Waals surface area contributed by atoms with Crippen LogP contribution in [0.3, 0.4) is 0 Å². The summed E-state index contributed by atoms with van der Waals surface area (Å²) in [7, 11) is 0. The third-order valence-electron chi connectivity index (χ3n) is 9.57. The Morgan fingerprint density at radius 1 is 0.821 bits per heavy atom. The van der Waals surface area contributed by atoms with E-state index < -0.39 is 16.9 Å². The first-order valence-electron chi connectivity index (χ1n) is 13.6. The fourth-order valence-electron chi connectivity index (χ4n) is 8.21. The molecule has 0 aromatic heterocycles. The van der Waals surface area contributed by atoms with Crippen LogP contribution in [-0.4, -0.2) is 35.1 Å². The van der Waals surface area contributed by atoms with Crippen LogP contribution in [-0.2, 0) is 20.5 Å². The molecule has 0 radical (unpaired) electrons. The normalized spacial score (nSPS) is 28.5. The summed E-state index contributed by atoms with van der Waals surface area (Å²) >= 11 is 0. The lowest BCUT2D eigenvalue weighted by atomic mass is 9.57. The summed E-state index contributed by atoms with van der Waals surface area (Å²) in [6.07, 6.45) is 1.61. The Hall–Kier alpha value is -4.29. The van der Waals surface area contributed by atoms with Gasteiger partial charge >= 0.3 is 0 Å². The molecule has 4 aliphatic rings. The van der Waals surface area contributed by atoms with Crippen LogP contribution in [0.15, 0.2) is 84.9 Å². The largest absolute Gasteiger partial charge is 0.325 e. The van der Waals surface area contributed by atoms with E-state index in [-0.39, 0.29) is 23.6 Å². The molecule has 8 rings (SSSR count). The van der Waals surface area contributed by atoms with Crippen molar-refractivity contribution < 1.29 is 14.4 Å². The van der Waals surface area contributed by atoms with Crippen molar-refractivity contribution in [3.05, 3.63) is 107 Å². The molecule has 6 heteroatoms. The molecule has 2 saturated heterocycles. The molecule has 0 bridgehead atoms. The van der Waals surface area contributed by atoms with Gasteiger partial charge in [-0.05, 0) is 60.8 Å². The van der Waals surface area contributed by atoms with E-state index in [0.717, 1.165) is 40.3 Å². The van der Waals surface area contributed by atoms with Gasteiger partial charge in [0, 0.05) is 28.5 Å². The number of para-hydroxylation sites is 1. The Kier molecular flexibility index (Phi) is 4.44. The molecule has 4 atom stereocenters. The second-order valence-corrected chi connectivity index (χ2v) is 11.3. The number of nitrogens with one attached hydrogen (secondary N) is 2. The molecular weight excluding hydrogens is 486 g/mol. The number of amides is 2. The van der Waals surface area contributed by atoms with Gasteiger partial charge < -0.3 is 10.6 Å². The van der Waals surface area contributed by atoms with Crippen LogP contribution in [0.1, 0.15) is 39.9 Å². The number of nitrogens with zero attached hydrogens (tertiary/aromatic N) is 1. The zero-order valence-electron chi connectivity index (χ0n) is 21.5. The lowest BCUT2D eigenvalue weighted by molar-refractivity contribution is -0.137. The van der Waals surface area contributed by atoms with Gasteiger partial charge in [0.05, 0.1) is 5.92 Å². The van der Waals surface area contributed by atoms with E-state index in [1.54, 1.807) is 0 Å². The molecule has 4 aromatic rings. The average molecular weight is 514 g/mol. The summed E-state index contributed by atoms with van der Waals surface area (Å²) < 4.78 is 0. The van der Waals surface area contributed by atoms with E-state index in [0.29, 0.717) is 23.5 Å². The Bertz CT molecular complexity index is 1760.